The lowest BCUT2D eigenvalue weighted by Gasteiger charge is -2.05. The van der Waals surface area contributed by atoms with Crippen molar-refractivity contribution < 1.29 is 4.39 Å². The second-order valence-corrected chi connectivity index (χ2v) is 7.23. The third-order valence-corrected chi connectivity index (χ3v) is 5.18. The van der Waals surface area contributed by atoms with E-state index >= 15 is 0 Å². The van der Waals surface area contributed by atoms with Crippen LogP contribution in [0.4, 0.5) is 4.39 Å². The van der Waals surface area contributed by atoms with Crippen LogP contribution in [-0.2, 0) is 19.6 Å². The van der Waals surface area contributed by atoms with Gasteiger partial charge in [-0.25, -0.2) is 9.37 Å². The van der Waals surface area contributed by atoms with Gasteiger partial charge < -0.3 is 14.9 Å². The summed E-state index contributed by atoms with van der Waals surface area (Å²) in [5, 5.41) is 4.73. The second kappa shape index (κ2) is 7.53. The Morgan fingerprint density at radius 1 is 0.897 bits per heavy atom. The van der Waals surface area contributed by atoms with Crippen LogP contribution in [0.2, 0.25) is 0 Å². The van der Waals surface area contributed by atoms with E-state index in [2.05, 4.69) is 50.3 Å². The van der Waals surface area contributed by atoms with Crippen LogP contribution in [0.25, 0.3) is 21.9 Å². The number of halogens is 1. The van der Waals surface area contributed by atoms with Gasteiger partial charge in [-0.05, 0) is 41.5 Å². The molecule has 0 fully saturated rings. The lowest BCUT2D eigenvalue weighted by molar-refractivity contribution is 0.626. The maximum Gasteiger partial charge on any atom is 0.123 e. The monoisotopic (exact) mass is 384 g/mol. The number of fused-ring (bicyclic) bond motifs is 2. The molecule has 0 aliphatic carbocycles. The smallest absolute Gasteiger partial charge is 0.123 e. The van der Waals surface area contributed by atoms with Crippen LogP contribution < -0.4 is 5.32 Å². The Labute approximate surface area is 168 Å². The van der Waals surface area contributed by atoms with E-state index in [0.717, 1.165) is 29.0 Å². The van der Waals surface area contributed by atoms with Crippen LogP contribution in [0.5, 0.6) is 0 Å². The molecular weight excluding hydrogens is 363 g/mol. The molecule has 5 rings (SSSR count). The van der Waals surface area contributed by atoms with Crippen LogP contribution in [0.3, 0.4) is 0 Å². The summed E-state index contributed by atoms with van der Waals surface area (Å²) in [6.45, 7) is 2.13. The second-order valence-electron chi connectivity index (χ2n) is 7.23. The molecule has 5 heteroatoms. The minimum atomic E-state index is -0.207. The van der Waals surface area contributed by atoms with Gasteiger partial charge in [0.25, 0.3) is 0 Å². The van der Waals surface area contributed by atoms with Crippen molar-refractivity contribution in [3.63, 3.8) is 0 Å². The van der Waals surface area contributed by atoms with Crippen molar-refractivity contribution >= 4 is 21.9 Å². The average molecular weight is 384 g/mol. The Balaban J connectivity index is 1.34. The third-order valence-electron chi connectivity index (χ3n) is 5.18. The number of hydrogen-bond donors (Lipinski definition) is 2. The fraction of sp³-hybridized carbons (Fsp3) is 0.125. The largest absolute Gasteiger partial charge is 0.343 e. The fourth-order valence-corrected chi connectivity index (χ4v) is 3.79. The molecule has 5 aromatic rings. The zero-order chi connectivity index (χ0) is 19.6. The van der Waals surface area contributed by atoms with Gasteiger partial charge in [0.1, 0.15) is 11.6 Å². The molecule has 2 aromatic heterocycles. The maximum absolute atomic E-state index is 13.2. The molecular formula is C24H21FN4. The average Bonchev–Trinajstić information content (AvgIpc) is 3.31. The van der Waals surface area contributed by atoms with E-state index in [-0.39, 0.29) is 5.82 Å². The van der Waals surface area contributed by atoms with Gasteiger partial charge in [0.05, 0.1) is 17.6 Å². The minimum absolute atomic E-state index is 0.207. The molecule has 29 heavy (non-hydrogen) atoms. The SMILES string of the molecule is Fc1ccc(Cn2cc(CNCc3nc4ccccc4[nH]3)c3ccccc32)cc1. The first-order valence-electron chi connectivity index (χ1n) is 9.72. The Morgan fingerprint density at radius 3 is 2.55 bits per heavy atom. The van der Waals surface area contributed by atoms with Crippen LogP contribution >= 0.6 is 0 Å². The molecule has 0 unspecified atom stereocenters. The number of nitrogens with zero attached hydrogens (tertiary/aromatic N) is 2. The van der Waals surface area contributed by atoms with Gasteiger partial charge in [0, 0.05) is 30.2 Å². The number of para-hydroxylation sites is 3. The van der Waals surface area contributed by atoms with Crippen LogP contribution in [0.1, 0.15) is 17.0 Å². The summed E-state index contributed by atoms with van der Waals surface area (Å²) in [7, 11) is 0. The first-order valence-corrected chi connectivity index (χ1v) is 9.72. The Bertz CT molecular complexity index is 1230. The van der Waals surface area contributed by atoms with E-state index in [9.17, 15) is 4.39 Å². The van der Waals surface area contributed by atoms with Gasteiger partial charge in [0.15, 0.2) is 0 Å². The Hall–Kier alpha value is -3.44. The topological polar surface area (TPSA) is 45.6 Å². The lowest BCUT2D eigenvalue weighted by Crippen LogP contribution is -2.13. The Kier molecular flexibility index (Phi) is 4.58. The molecule has 0 aliphatic heterocycles. The van der Waals surface area contributed by atoms with E-state index < -0.39 is 0 Å². The lowest BCUT2D eigenvalue weighted by atomic mass is 10.2. The highest BCUT2D eigenvalue weighted by atomic mass is 19.1. The standard InChI is InChI=1S/C24H21FN4/c25-19-11-9-17(10-12-19)15-29-16-18(20-5-1-4-8-23(20)29)13-26-14-24-27-21-6-2-3-7-22(21)28-24/h1-12,16,26H,13-15H2,(H,27,28). The van der Waals surface area contributed by atoms with Crippen molar-refractivity contribution in [2.75, 3.05) is 0 Å². The van der Waals surface area contributed by atoms with Crippen LogP contribution in [0.15, 0.2) is 79.0 Å². The molecule has 0 atom stereocenters. The number of H-pyrrole nitrogens is 1. The van der Waals surface area contributed by atoms with E-state index in [1.807, 2.05) is 36.4 Å². The number of nitrogens with one attached hydrogen (secondary N) is 2. The van der Waals surface area contributed by atoms with Crippen LogP contribution in [-0.4, -0.2) is 14.5 Å². The number of hydrogen-bond acceptors (Lipinski definition) is 2. The summed E-state index contributed by atoms with van der Waals surface area (Å²) in [4.78, 5) is 7.97. The van der Waals surface area contributed by atoms with E-state index in [1.165, 1.54) is 28.6 Å². The molecule has 3 aromatic carbocycles. The summed E-state index contributed by atoms with van der Waals surface area (Å²) >= 11 is 0. The molecule has 4 nitrogen and oxygen atoms in total. The van der Waals surface area contributed by atoms with Gasteiger partial charge in [0.2, 0.25) is 0 Å². The van der Waals surface area contributed by atoms with Gasteiger partial charge in [-0.3, -0.25) is 0 Å². The summed E-state index contributed by atoms with van der Waals surface area (Å²) in [6.07, 6.45) is 2.18. The number of imidazole rings is 1. The normalized spacial score (nSPS) is 11.5. The van der Waals surface area contributed by atoms with Crippen molar-refractivity contribution in [1.82, 2.24) is 19.9 Å². The van der Waals surface area contributed by atoms with Gasteiger partial charge >= 0.3 is 0 Å². The van der Waals surface area contributed by atoms with Crippen molar-refractivity contribution in [3.8, 4) is 0 Å². The zero-order valence-electron chi connectivity index (χ0n) is 15.9. The number of benzene rings is 3. The predicted octanol–water partition coefficient (Wildman–Crippen LogP) is 4.99. The summed E-state index contributed by atoms with van der Waals surface area (Å²) in [5.41, 5.74) is 5.53. The maximum atomic E-state index is 13.2. The van der Waals surface area contributed by atoms with Crippen molar-refractivity contribution in [2.45, 2.75) is 19.6 Å². The molecule has 0 saturated carbocycles. The third kappa shape index (κ3) is 3.65. The molecule has 0 saturated heterocycles. The van der Waals surface area contributed by atoms with Crippen LogP contribution in [0, 0.1) is 5.82 Å². The van der Waals surface area contributed by atoms with Gasteiger partial charge in [-0.2, -0.15) is 0 Å². The van der Waals surface area contributed by atoms with Crippen molar-refractivity contribution in [2.24, 2.45) is 0 Å². The van der Waals surface area contributed by atoms with Crippen molar-refractivity contribution in [1.29, 1.82) is 0 Å². The summed E-state index contributed by atoms with van der Waals surface area (Å²) < 4.78 is 15.4. The highest BCUT2D eigenvalue weighted by molar-refractivity contribution is 5.84. The quantitative estimate of drug-likeness (QED) is 0.433. The highest BCUT2D eigenvalue weighted by Gasteiger charge is 2.09. The van der Waals surface area contributed by atoms with Gasteiger partial charge in [-0.15, -0.1) is 0 Å². The number of rotatable bonds is 6. The molecule has 0 radical (unpaired) electrons. The summed E-state index contributed by atoms with van der Waals surface area (Å²) in [5.74, 6) is 0.725. The van der Waals surface area contributed by atoms with Crippen molar-refractivity contribution in [3.05, 3.63) is 102 Å². The first kappa shape index (κ1) is 17.6. The Morgan fingerprint density at radius 2 is 1.69 bits per heavy atom. The molecule has 0 spiro atoms. The minimum Gasteiger partial charge on any atom is -0.343 e. The molecule has 0 aliphatic rings. The number of aromatic nitrogens is 3. The van der Waals surface area contributed by atoms with Gasteiger partial charge in [-0.1, -0.05) is 42.5 Å². The van der Waals surface area contributed by atoms with E-state index in [4.69, 9.17) is 0 Å². The fourth-order valence-electron chi connectivity index (χ4n) is 3.79. The molecule has 0 bridgehead atoms. The van der Waals surface area contributed by atoms with E-state index in [0.29, 0.717) is 13.1 Å². The molecule has 0 amide bonds. The summed E-state index contributed by atoms with van der Waals surface area (Å²) in [6, 6.07) is 23.1. The number of aromatic amines is 1. The molecule has 2 N–H and O–H groups in total. The molecule has 2 heterocycles. The predicted molar refractivity (Wildman–Crippen MR) is 114 cm³/mol. The first-order chi connectivity index (χ1) is 14.3. The zero-order valence-corrected chi connectivity index (χ0v) is 15.9. The molecule has 144 valence electrons. The van der Waals surface area contributed by atoms with E-state index in [1.54, 1.807) is 0 Å². The highest BCUT2D eigenvalue weighted by Crippen LogP contribution is 2.22.